The third kappa shape index (κ3) is 5.61. The smallest absolute Gasteiger partial charge is 0.335 e. The number of aryl methyl sites for hydroxylation is 1. The van der Waals surface area contributed by atoms with E-state index in [1.165, 1.54) is 19.4 Å². The Hall–Kier alpha value is -4.03. The van der Waals surface area contributed by atoms with Crippen molar-refractivity contribution in [2.24, 2.45) is 0 Å². The van der Waals surface area contributed by atoms with Gasteiger partial charge in [0, 0.05) is 10.9 Å². The molecule has 0 spiro atoms. The van der Waals surface area contributed by atoms with Gasteiger partial charge in [0.25, 0.3) is 0 Å². The lowest BCUT2D eigenvalue weighted by Crippen LogP contribution is -2.34. The number of nitrogens with zero attached hydrogens (tertiary/aromatic N) is 2. The number of aromatic nitrogens is 2. The highest BCUT2D eigenvalue weighted by Crippen LogP contribution is 2.22. The number of carbonyl (C=O) groups excluding carboxylic acids is 1. The molecule has 1 aromatic heterocycles. The van der Waals surface area contributed by atoms with Crippen LogP contribution in [0.5, 0.6) is 0 Å². The lowest BCUT2D eigenvalue weighted by Gasteiger charge is -2.20. The molecule has 184 valence electrons. The van der Waals surface area contributed by atoms with Crippen molar-refractivity contribution in [1.29, 1.82) is 0 Å². The number of benzene rings is 3. The zero-order valence-electron chi connectivity index (χ0n) is 20.8. The Balaban J connectivity index is 1.47. The highest BCUT2D eigenvalue weighted by molar-refractivity contribution is 6.14. The summed E-state index contributed by atoms with van der Waals surface area (Å²) in [6.07, 6.45) is 4.92. The first-order valence-electron chi connectivity index (χ1n) is 12.0. The van der Waals surface area contributed by atoms with Gasteiger partial charge in [-0.1, -0.05) is 85.8 Å². The Bertz CT molecular complexity index is 1400. The zero-order valence-corrected chi connectivity index (χ0v) is 20.8. The molecule has 0 unspecified atom stereocenters. The molecule has 0 bridgehead atoms. The van der Waals surface area contributed by atoms with E-state index in [9.17, 15) is 9.59 Å². The Morgan fingerprint density at radius 3 is 2.31 bits per heavy atom. The molecule has 1 N–H and O–H groups in total. The van der Waals surface area contributed by atoms with Crippen LogP contribution in [0.3, 0.4) is 0 Å². The molecule has 4 rings (SSSR count). The molecule has 0 atom stereocenters. The predicted molar refractivity (Wildman–Crippen MR) is 141 cm³/mol. The average molecular weight is 483 g/mol. The summed E-state index contributed by atoms with van der Waals surface area (Å²) in [5, 5.41) is 14.7. The van der Waals surface area contributed by atoms with Gasteiger partial charge >= 0.3 is 5.97 Å². The van der Waals surface area contributed by atoms with E-state index in [0.717, 1.165) is 28.5 Å². The summed E-state index contributed by atoms with van der Waals surface area (Å²) in [4.78, 5) is 24.4. The first-order valence-corrected chi connectivity index (χ1v) is 12.0. The van der Waals surface area contributed by atoms with Crippen LogP contribution in [0.4, 0.5) is 0 Å². The predicted octanol–water partition coefficient (Wildman–Crippen LogP) is 5.92. The highest BCUT2D eigenvalue weighted by Gasteiger charge is 2.27. The fraction of sp³-hybridized carbons (Fsp3) is 0.233. The largest absolute Gasteiger partial charge is 0.479 e. The molecule has 1 heterocycles. The third-order valence-electron chi connectivity index (χ3n) is 6.18. The monoisotopic (exact) mass is 482 g/mol. The SMILES string of the molecule is CCc1ccc(C(=O)c2nn(CC=Cc3ccc(COC(C)(C)C(=O)O)cc3)c3ccccc23)cc1. The number of hydrogen-bond acceptors (Lipinski definition) is 4. The number of hydrogen-bond donors (Lipinski definition) is 1. The Kier molecular flexibility index (Phi) is 7.46. The summed E-state index contributed by atoms with van der Waals surface area (Å²) in [5.74, 6) is -1.08. The number of carboxylic acids is 1. The quantitative estimate of drug-likeness (QED) is 0.284. The van der Waals surface area contributed by atoms with Crippen molar-refractivity contribution >= 4 is 28.7 Å². The van der Waals surface area contributed by atoms with Gasteiger partial charge in [0.05, 0.1) is 18.7 Å². The number of para-hydroxylation sites is 1. The van der Waals surface area contributed by atoms with Gasteiger partial charge in [-0.25, -0.2) is 4.79 Å². The van der Waals surface area contributed by atoms with E-state index in [4.69, 9.17) is 9.84 Å². The molecule has 0 aliphatic carbocycles. The molecule has 0 aliphatic rings. The van der Waals surface area contributed by atoms with Crippen LogP contribution in [-0.2, 0) is 29.1 Å². The van der Waals surface area contributed by atoms with Crippen molar-refractivity contribution in [3.8, 4) is 0 Å². The summed E-state index contributed by atoms with van der Waals surface area (Å²) in [7, 11) is 0. The number of rotatable bonds is 10. The fourth-order valence-electron chi connectivity index (χ4n) is 3.80. The summed E-state index contributed by atoms with van der Waals surface area (Å²) in [5.41, 5.74) is 3.85. The molecule has 0 fully saturated rings. The normalized spacial score (nSPS) is 11.9. The summed E-state index contributed by atoms with van der Waals surface area (Å²) >= 11 is 0. The van der Waals surface area contributed by atoms with Crippen LogP contribution in [0.2, 0.25) is 0 Å². The maximum Gasteiger partial charge on any atom is 0.335 e. The van der Waals surface area contributed by atoms with Gasteiger partial charge < -0.3 is 9.84 Å². The van der Waals surface area contributed by atoms with Gasteiger partial charge in [-0.3, -0.25) is 9.48 Å². The molecule has 0 saturated carbocycles. The minimum atomic E-state index is -1.23. The lowest BCUT2D eigenvalue weighted by molar-refractivity contribution is -0.162. The summed E-state index contributed by atoms with van der Waals surface area (Å²) < 4.78 is 7.35. The maximum atomic E-state index is 13.2. The Morgan fingerprint density at radius 2 is 1.64 bits per heavy atom. The van der Waals surface area contributed by atoms with E-state index in [2.05, 4.69) is 12.0 Å². The molecule has 3 aromatic carbocycles. The number of allylic oxidation sites excluding steroid dienone is 1. The molecule has 6 nitrogen and oxygen atoms in total. The number of ether oxygens (including phenoxy) is 1. The maximum absolute atomic E-state index is 13.2. The molecular formula is C30H30N2O4. The molecule has 6 heteroatoms. The van der Waals surface area contributed by atoms with E-state index in [1.54, 1.807) is 0 Å². The number of carbonyl (C=O) groups is 2. The van der Waals surface area contributed by atoms with Crippen LogP contribution >= 0.6 is 0 Å². The van der Waals surface area contributed by atoms with Crippen molar-refractivity contribution < 1.29 is 19.4 Å². The summed E-state index contributed by atoms with van der Waals surface area (Å²) in [6.45, 7) is 5.89. The van der Waals surface area contributed by atoms with E-state index in [-0.39, 0.29) is 12.4 Å². The Morgan fingerprint density at radius 1 is 0.972 bits per heavy atom. The second-order valence-corrected chi connectivity index (χ2v) is 9.18. The van der Waals surface area contributed by atoms with Gasteiger partial charge in [-0.2, -0.15) is 5.10 Å². The fourth-order valence-corrected chi connectivity index (χ4v) is 3.80. The first kappa shape index (κ1) is 25.1. The molecule has 0 amide bonds. The van der Waals surface area contributed by atoms with Crippen molar-refractivity contribution in [1.82, 2.24) is 9.78 Å². The van der Waals surface area contributed by atoms with E-state index in [0.29, 0.717) is 17.8 Å². The summed E-state index contributed by atoms with van der Waals surface area (Å²) in [6, 6.07) is 23.2. The van der Waals surface area contributed by atoms with Crippen LogP contribution in [0.1, 0.15) is 53.5 Å². The third-order valence-corrected chi connectivity index (χ3v) is 6.18. The molecular weight excluding hydrogens is 452 g/mol. The number of ketones is 1. The van der Waals surface area contributed by atoms with Crippen LogP contribution in [0.25, 0.3) is 17.0 Å². The minimum absolute atomic E-state index is 0.0829. The molecule has 0 radical (unpaired) electrons. The van der Waals surface area contributed by atoms with E-state index >= 15 is 0 Å². The van der Waals surface area contributed by atoms with E-state index < -0.39 is 11.6 Å². The first-order chi connectivity index (χ1) is 17.3. The van der Waals surface area contributed by atoms with Crippen LogP contribution in [0.15, 0.2) is 78.9 Å². The van der Waals surface area contributed by atoms with Crippen LogP contribution in [0, 0.1) is 0 Å². The molecule has 36 heavy (non-hydrogen) atoms. The highest BCUT2D eigenvalue weighted by atomic mass is 16.5. The molecule has 0 aliphatic heterocycles. The van der Waals surface area contributed by atoms with Crippen LogP contribution < -0.4 is 0 Å². The van der Waals surface area contributed by atoms with Crippen molar-refractivity contribution in [3.63, 3.8) is 0 Å². The molecule has 0 saturated heterocycles. The van der Waals surface area contributed by atoms with Crippen molar-refractivity contribution in [2.75, 3.05) is 0 Å². The zero-order chi connectivity index (χ0) is 25.7. The standard InChI is InChI=1S/C30H30N2O4/c1-4-21-15-17-24(18-16-21)28(33)27-25-9-5-6-10-26(25)32(31-27)19-7-8-22-11-13-23(14-12-22)20-36-30(2,3)29(34)35/h5-18H,4,19-20H2,1-3H3,(H,34,35). The van der Waals surface area contributed by atoms with Crippen molar-refractivity contribution in [2.45, 2.75) is 45.9 Å². The minimum Gasteiger partial charge on any atom is -0.479 e. The van der Waals surface area contributed by atoms with Gasteiger partial charge in [-0.15, -0.1) is 0 Å². The lowest BCUT2D eigenvalue weighted by atomic mass is 10.0. The van der Waals surface area contributed by atoms with Gasteiger partial charge in [0.15, 0.2) is 5.60 Å². The average Bonchev–Trinajstić information content (AvgIpc) is 3.26. The number of fused-ring (bicyclic) bond motifs is 1. The number of carboxylic acid groups (broad SMARTS) is 1. The van der Waals surface area contributed by atoms with Crippen LogP contribution in [-0.4, -0.2) is 32.2 Å². The second kappa shape index (κ2) is 10.7. The number of aliphatic carboxylic acids is 1. The van der Waals surface area contributed by atoms with E-state index in [1.807, 2.05) is 89.6 Å². The van der Waals surface area contributed by atoms with Gasteiger partial charge in [0.1, 0.15) is 5.69 Å². The van der Waals surface area contributed by atoms with Crippen molar-refractivity contribution in [3.05, 3.63) is 107 Å². The van der Waals surface area contributed by atoms with Gasteiger partial charge in [-0.05, 0) is 43.0 Å². The Labute approximate surface area is 210 Å². The molecule has 4 aromatic rings. The second-order valence-electron chi connectivity index (χ2n) is 9.18. The van der Waals surface area contributed by atoms with Gasteiger partial charge in [0.2, 0.25) is 5.78 Å². The topological polar surface area (TPSA) is 81.4 Å².